The Bertz CT molecular complexity index is 692. The molecule has 0 saturated heterocycles. The van der Waals surface area contributed by atoms with Crippen molar-refractivity contribution in [2.75, 3.05) is 11.9 Å². The van der Waals surface area contributed by atoms with Gasteiger partial charge in [0.2, 0.25) is 5.91 Å². The van der Waals surface area contributed by atoms with Crippen molar-refractivity contribution in [3.05, 3.63) is 30.1 Å². The lowest BCUT2D eigenvalue weighted by Crippen LogP contribution is -2.28. The van der Waals surface area contributed by atoms with E-state index in [-0.39, 0.29) is 11.8 Å². The number of aromatic nitrogens is 2. The maximum Gasteiger partial charge on any atom is 0.227 e. The highest BCUT2D eigenvalue weighted by Gasteiger charge is 2.26. The fraction of sp³-hybridized carbons (Fsp3) is 0.500. The molecule has 1 amide bonds. The van der Waals surface area contributed by atoms with Gasteiger partial charge in [-0.3, -0.25) is 4.79 Å². The van der Waals surface area contributed by atoms with Crippen LogP contribution in [0.3, 0.4) is 0 Å². The van der Waals surface area contributed by atoms with Crippen LogP contribution < -0.4 is 11.1 Å². The maximum atomic E-state index is 12.6. The molecule has 2 aromatic rings. The number of anilines is 1. The standard InChI is InChI=1S/C18H24N4O/c1-12-2-7-15-16(9-11-20-17(15)21-12)22-18(23)14-5-3-13(4-6-14)8-10-19/h2,7,9,11,13-14H,3-6,8,10,19H2,1H3,(H,20,21,22,23). The highest BCUT2D eigenvalue weighted by atomic mass is 16.1. The highest BCUT2D eigenvalue weighted by Crippen LogP contribution is 2.31. The molecule has 0 aromatic carbocycles. The number of nitrogens with zero attached hydrogens (tertiary/aromatic N) is 2. The van der Waals surface area contributed by atoms with Gasteiger partial charge in [0.1, 0.15) is 0 Å². The summed E-state index contributed by atoms with van der Waals surface area (Å²) in [5.41, 5.74) is 8.03. The number of pyridine rings is 2. The summed E-state index contributed by atoms with van der Waals surface area (Å²) in [5, 5.41) is 3.97. The van der Waals surface area contributed by atoms with Gasteiger partial charge in [0.15, 0.2) is 5.65 Å². The summed E-state index contributed by atoms with van der Waals surface area (Å²) in [6, 6.07) is 5.76. The first-order valence-corrected chi connectivity index (χ1v) is 8.40. The van der Waals surface area contributed by atoms with Crippen LogP contribution >= 0.6 is 0 Å². The molecule has 2 heterocycles. The second kappa shape index (κ2) is 7.04. The topological polar surface area (TPSA) is 80.9 Å². The van der Waals surface area contributed by atoms with Crippen LogP contribution in [0, 0.1) is 18.8 Å². The fourth-order valence-electron chi connectivity index (χ4n) is 3.42. The predicted molar refractivity (Wildman–Crippen MR) is 92.0 cm³/mol. The summed E-state index contributed by atoms with van der Waals surface area (Å²) in [4.78, 5) is 21.3. The van der Waals surface area contributed by atoms with Crippen molar-refractivity contribution < 1.29 is 4.79 Å². The quantitative estimate of drug-likeness (QED) is 0.909. The Hall–Kier alpha value is -2.01. The van der Waals surface area contributed by atoms with Crippen molar-refractivity contribution in [1.29, 1.82) is 0 Å². The number of amides is 1. The van der Waals surface area contributed by atoms with Crippen molar-refractivity contribution in [3.8, 4) is 0 Å². The first-order valence-electron chi connectivity index (χ1n) is 8.40. The van der Waals surface area contributed by atoms with Gasteiger partial charge in [-0.1, -0.05) is 0 Å². The fourth-order valence-corrected chi connectivity index (χ4v) is 3.42. The molecule has 1 aliphatic carbocycles. The number of rotatable bonds is 4. The van der Waals surface area contributed by atoms with Crippen LogP contribution in [0.5, 0.6) is 0 Å². The second-order valence-corrected chi connectivity index (χ2v) is 6.47. The lowest BCUT2D eigenvalue weighted by Gasteiger charge is -2.27. The summed E-state index contributed by atoms with van der Waals surface area (Å²) >= 11 is 0. The van der Waals surface area contributed by atoms with E-state index in [0.29, 0.717) is 11.6 Å². The smallest absolute Gasteiger partial charge is 0.227 e. The van der Waals surface area contributed by atoms with Crippen molar-refractivity contribution >= 4 is 22.6 Å². The predicted octanol–water partition coefficient (Wildman–Crippen LogP) is 3.03. The normalized spacial score (nSPS) is 21.3. The number of nitrogens with one attached hydrogen (secondary N) is 1. The molecule has 0 atom stereocenters. The summed E-state index contributed by atoms with van der Waals surface area (Å²) in [7, 11) is 0. The number of carbonyl (C=O) groups is 1. The molecule has 0 aliphatic heterocycles. The average Bonchev–Trinajstić information content (AvgIpc) is 2.55. The molecule has 1 saturated carbocycles. The van der Waals surface area contributed by atoms with E-state index in [2.05, 4.69) is 15.3 Å². The lowest BCUT2D eigenvalue weighted by atomic mass is 9.80. The largest absolute Gasteiger partial charge is 0.330 e. The number of hydrogen-bond donors (Lipinski definition) is 2. The first-order chi connectivity index (χ1) is 11.2. The maximum absolute atomic E-state index is 12.6. The van der Waals surface area contributed by atoms with Crippen molar-refractivity contribution in [3.63, 3.8) is 0 Å². The molecule has 122 valence electrons. The third-order valence-electron chi connectivity index (χ3n) is 4.79. The molecule has 2 aromatic heterocycles. The summed E-state index contributed by atoms with van der Waals surface area (Å²) in [5.74, 6) is 0.910. The number of hydrogen-bond acceptors (Lipinski definition) is 4. The van der Waals surface area contributed by atoms with E-state index in [0.717, 1.165) is 55.4 Å². The summed E-state index contributed by atoms with van der Waals surface area (Å²) in [6.45, 7) is 2.68. The molecule has 3 N–H and O–H groups in total. The Labute approximate surface area is 136 Å². The Morgan fingerprint density at radius 1 is 1.26 bits per heavy atom. The average molecular weight is 312 g/mol. The molecule has 23 heavy (non-hydrogen) atoms. The molecular weight excluding hydrogens is 288 g/mol. The van der Waals surface area contributed by atoms with Crippen LogP contribution in [-0.2, 0) is 4.79 Å². The zero-order valence-corrected chi connectivity index (χ0v) is 13.6. The minimum atomic E-state index is 0.102. The first kappa shape index (κ1) is 15.9. The molecule has 0 radical (unpaired) electrons. The van der Waals surface area contributed by atoms with Gasteiger partial charge in [-0.05, 0) is 69.7 Å². The van der Waals surface area contributed by atoms with Crippen LogP contribution in [0.2, 0.25) is 0 Å². The number of carbonyl (C=O) groups excluding carboxylic acids is 1. The molecule has 5 heteroatoms. The van der Waals surface area contributed by atoms with Gasteiger partial charge in [0, 0.05) is 23.2 Å². The van der Waals surface area contributed by atoms with E-state index in [1.165, 1.54) is 0 Å². The third kappa shape index (κ3) is 3.67. The van der Waals surface area contributed by atoms with E-state index in [1.807, 2.05) is 25.1 Å². The van der Waals surface area contributed by atoms with Gasteiger partial charge in [-0.25, -0.2) is 9.97 Å². The molecule has 5 nitrogen and oxygen atoms in total. The van der Waals surface area contributed by atoms with Gasteiger partial charge in [0.25, 0.3) is 0 Å². The molecule has 0 spiro atoms. The molecule has 0 unspecified atom stereocenters. The van der Waals surface area contributed by atoms with Crippen LogP contribution in [0.1, 0.15) is 37.8 Å². The van der Waals surface area contributed by atoms with Crippen LogP contribution in [0.4, 0.5) is 5.69 Å². The minimum absolute atomic E-state index is 0.102. The molecule has 0 bridgehead atoms. The van der Waals surface area contributed by atoms with Gasteiger partial charge < -0.3 is 11.1 Å². The van der Waals surface area contributed by atoms with Crippen molar-refractivity contribution in [2.45, 2.75) is 39.0 Å². The Kier molecular flexibility index (Phi) is 4.86. The third-order valence-corrected chi connectivity index (χ3v) is 4.79. The monoisotopic (exact) mass is 312 g/mol. The Balaban J connectivity index is 1.69. The number of aryl methyl sites for hydroxylation is 1. The van der Waals surface area contributed by atoms with E-state index >= 15 is 0 Å². The summed E-state index contributed by atoms with van der Waals surface area (Å²) in [6.07, 6.45) is 6.89. The minimum Gasteiger partial charge on any atom is -0.330 e. The zero-order chi connectivity index (χ0) is 16.2. The Morgan fingerprint density at radius 3 is 2.78 bits per heavy atom. The lowest BCUT2D eigenvalue weighted by molar-refractivity contribution is -0.121. The number of nitrogens with two attached hydrogens (primary N) is 1. The van der Waals surface area contributed by atoms with E-state index in [4.69, 9.17) is 5.73 Å². The van der Waals surface area contributed by atoms with Gasteiger partial charge in [-0.15, -0.1) is 0 Å². The Morgan fingerprint density at radius 2 is 2.04 bits per heavy atom. The molecule has 3 rings (SSSR count). The van der Waals surface area contributed by atoms with Crippen molar-refractivity contribution in [1.82, 2.24) is 9.97 Å². The van der Waals surface area contributed by atoms with Crippen LogP contribution in [0.15, 0.2) is 24.4 Å². The van der Waals surface area contributed by atoms with E-state index < -0.39 is 0 Å². The highest BCUT2D eigenvalue weighted by molar-refractivity contribution is 6.00. The van der Waals surface area contributed by atoms with E-state index in [1.54, 1.807) is 6.20 Å². The van der Waals surface area contributed by atoms with Crippen LogP contribution in [0.25, 0.3) is 11.0 Å². The molecular formula is C18H24N4O. The summed E-state index contributed by atoms with van der Waals surface area (Å²) < 4.78 is 0. The van der Waals surface area contributed by atoms with Gasteiger partial charge in [0.05, 0.1) is 5.69 Å². The molecule has 1 fully saturated rings. The van der Waals surface area contributed by atoms with Gasteiger partial charge >= 0.3 is 0 Å². The van der Waals surface area contributed by atoms with Gasteiger partial charge in [-0.2, -0.15) is 0 Å². The zero-order valence-electron chi connectivity index (χ0n) is 13.6. The van der Waals surface area contributed by atoms with Crippen LogP contribution in [-0.4, -0.2) is 22.4 Å². The second-order valence-electron chi connectivity index (χ2n) is 6.47. The van der Waals surface area contributed by atoms with Crippen molar-refractivity contribution in [2.24, 2.45) is 17.6 Å². The SMILES string of the molecule is Cc1ccc2c(NC(=O)C3CCC(CCN)CC3)ccnc2n1. The number of fused-ring (bicyclic) bond motifs is 1. The van der Waals surface area contributed by atoms with E-state index in [9.17, 15) is 4.79 Å². The molecule has 1 aliphatic rings.